The lowest BCUT2D eigenvalue weighted by Crippen LogP contribution is -2.41. The quantitative estimate of drug-likeness (QED) is 0.867. The number of rotatable bonds is 4. The Kier molecular flexibility index (Phi) is 5.17. The zero-order valence-corrected chi connectivity index (χ0v) is 12.0. The van der Waals surface area contributed by atoms with E-state index in [1.165, 1.54) is 6.07 Å². The largest absolute Gasteiger partial charge is 0.481 e. The Bertz CT molecular complexity index is 545. The fourth-order valence-corrected chi connectivity index (χ4v) is 3.02. The normalized spacial score (nSPS) is 16.0. The van der Waals surface area contributed by atoms with Crippen LogP contribution in [0.3, 0.4) is 0 Å². The Morgan fingerprint density at radius 1 is 1.29 bits per heavy atom. The molecule has 0 aliphatic carbocycles. The van der Waals surface area contributed by atoms with Crippen LogP contribution in [0.5, 0.6) is 0 Å². The van der Waals surface area contributed by atoms with Gasteiger partial charge in [0.1, 0.15) is 11.6 Å². The highest BCUT2D eigenvalue weighted by atomic mass is 32.2. The second-order valence-corrected chi connectivity index (χ2v) is 5.87. The van der Waals surface area contributed by atoms with Gasteiger partial charge < -0.3 is 10.0 Å². The molecule has 0 atom stereocenters. The molecule has 0 saturated carbocycles. The van der Waals surface area contributed by atoms with E-state index >= 15 is 0 Å². The summed E-state index contributed by atoms with van der Waals surface area (Å²) in [5.74, 6) is -2.66. The first-order chi connectivity index (χ1) is 9.97. The second-order valence-electron chi connectivity index (χ2n) is 4.86. The number of hydrogen-bond donors (Lipinski definition) is 1. The number of benzene rings is 1. The van der Waals surface area contributed by atoms with Crippen LogP contribution in [0.2, 0.25) is 0 Å². The summed E-state index contributed by atoms with van der Waals surface area (Å²) in [6.07, 6.45) is 0.882. The van der Waals surface area contributed by atoms with Gasteiger partial charge in [-0.05, 0) is 25.0 Å². The third-order valence-corrected chi connectivity index (χ3v) is 4.48. The summed E-state index contributed by atoms with van der Waals surface area (Å²) < 4.78 is 26.2. The predicted octanol–water partition coefficient (Wildman–Crippen LogP) is 2.38. The van der Waals surface area contributed by atoms with Gasteiger partial charge in [-0.15, -0.1) is 11.8 Å². The molecule has 1 aromatic rings. The molecule has 1 heterocycles. The van der Waals surface area contributed by atoms with Gasteiger partial charge in [-0.3, -0.25) is 9.59 Å². The molecule has 1 amide bonds. The number of thioether (sulfide) groups is 1. The molecule has 0 bridgehead atoms. The number of nitrogens with zero attached hydrogens (tertiary/aromatic N) is 1. The first-order valence-corrected chi connectivity index (χ1v) is 7.54. The molecule has 114 valence electrons. The highest BCUT2D eigenvalue weighted by molar-refractivity contribution is 8.00. The van der Waals surface area contributed by atoms with E-state index in [2.05, 4.69) is 0 Å². The number of carbonyl (C=O) groups is 2. The summed E-state index contributed by atoms with van der Waals surface area (Å²) >= 11 is 1.02. The van der Waals surface area contributed by atoms with Crippen LogP contribution in [0.15, 0.2) is 23.1 Å². The fraction of sp³-hybridized carbons (Fsp3) is 0.429. The van der Waals surface area contributed by atoms with Crippen molar-refractivity contribution in [2.24, 2.45) is 5.92 Å². The Morgan fingerprint density at radius 2 is 1.95 bits per heavy atom. The number of piperidine rings is 1. The van der Waals surface area contributed by atoms with Gasteiger partial charge in [0.05, 0.1) is 11.7 Å². The topological polar surface area (TPSA) is 57.6 Å². The van der Waals surface area contributed by atoms with E-state index in [4.69, 9.17) is 5.11 Å². The summed E-state index contributed by atoms with van der Waals surface area (Å²) in [5.41, 5.74) is 0. The predicted molar refractivity (Wildman–Crippen MR) is 74.0 cm³/mol. The van der Waals surface area contributed by atoms with Gasteiger partial charge in [-0.2, -0.15) is 0 Å². The zero-order chi connectivity index (χ0) is 15.4. The molecule has 1 fully saturated rings. The Hall–Kier alpha value is -1.63. The van der Waals surface area contributed by atoms with Crippen molar-refractivity contribution in [1.82, 2.24) is 4.90 Å². The number of aliphatic carboxylic acids is 1. The van der Waals surface area contributed by atoms with Crippen molar-refractivity contribution in [3.05, 3.63) is 29.8 Å². The van der Waals surface area contributed by atoms with Gasteiger partial charge in [0.15, 0.2) is 0 Å². The highest BCUT2D eigenvalue weighted by Gasteiger charge is 2.26. The van der Waals surface area contributed by atoms with Gasteiger partial charge in [0.2, 0.25) is 5.91 Å². The Labute approximate surface area is 125 Å². The van der Waals surface area contributed by atoms with Crippen molar-refractivity contribution in [2.45, 2.75) is 17.7 Å². The number of amides is 1. The summed E-state index contributed by atoms with van der Waals surface area (Å²) in [4.78, 5) is 24.6. The first kappa shape index (κ1) is 15.8. The van der Waals surface area contributed by atoms with Crippen LogP contribution in [-0.4, -0.2) is 40.7 Å². The van der Waals surface area contributed by atoms with E-state index in [-0.39, 0.29) is 16.6 Å². The molecule has 1 aromatic carbocycles. The molecule has 2 rings (SSSR count). The monoisotopic (exact) mass is 315 g/mol. The van der Waals surface area contributed by atoms with E-state index in [9.17, 15) is 18.4 Å². The standard InChI is InChI=1S/C14H15F2NO3S/c15-10-1-2-12(11(16)7-10)21-8-13(18)17-5-3-9(4-6-17)14(19)20/h1-2,7,9H,3-6,8H2,(H,19,20). The number of carbonyl (C=O) groups excluding carboxylic acids is 1. The Balaban J connectivity index is 1.84. The lowest BCUT2D eigenvalue weighted by Gasteiger charge is -2.30. The summed E-state index contributed by atoms with van der Waals surface area (Å²) in [5, 5.41) is 8.89. The average Bonchev–Trinajstić information content (AvgIpc) is 2.46. The lowest BCUT2D eigenvalue weighted by atomic mass is 9.97. The van der Waals surface area contributed by atoms with Crippen LogP contribution in [0, 0.1) is 17.6 Å². The fourth-order valence-electron chi connectivity index (χ4n) is 2.20. The molecule has 1 aliphatic rings. The van der Waals surface area contributed by atoms with Crippen LogP contribution in [0.25, 0.3) is 0 Å². The smallest absolute Gasteiger partial charge is 0.306 e. The van der Waals surface area contributed by atoms with E-state index in [1.54, 1.807) is 4.90 Å². The maximum absolute atomic E-state index is 13.4. The SMILES string of the molecule is O=C(O)C1CCN(C(=O)CSc2ccc(F)cc2F)CC1. The minimum Gasteiger partial charge on any atom is -0.481 e. The molecule has 4 nitrogen and oxygen atoms in total. The van der Waals surface area contributed by atoms with Crippen molar-refractivity contribution in [3.8, 4) is 0 Å². The number of carboxylic acid groups (broad SMARTS) is 1. The maximum Gasteiger partial charge on any atom is 0.306 e. The zero-order valence-electron chi connectivity index (χ0n) is 11.2. The van der Waals surface area contributed by atoms with Crippen LogP contribution in [-0.2, 0) is 9.59 Å². The van der Waals surface area contributed by atoms with Gasteiger partial charge >= 0.3 is 5.97 Å². The van der Waals surface area contributed by atoms with Gasteiger partial charge in [0, 0.05) is 24.1 Å². The minimum absolute atomic E-state index is 0.0558. The van der Waals surface area contributed by atoms with Gasteiger partial charge in [-0.25, -0.2) is 8.78 Å². The number of carboxylic acids is 1. The van der Waals surface area contributed by atoms with Crippen molar-refractivity contribution in [2.75, 3.05) is 18.8 Å². The van der Waals surface area contributed by atoms with E-state index in [1.807, 2.05) is 0 Å². The molecule has 1 saturated heterocycles. The van der Waals surface area contributed by atoms with Crippen molar-refractivity contribution in [1.29, 1.82) is 0 Å². The lowest BCUT2D eigenvalue weighted by molar-refractivity contribution is -0.145. The van der Waals surface area contributed by atoms with E-state index in [0.29, 0.717) is 25.9 Å². The molecule has 21 heavy (non-hydrogen) atoms. The average molecular weight is 315 g/mol. The molecule has 0 aromatic heterocycles. The number of halogens is 2. The van der Waals surface area contributed by atoms with E-state index in [0.717, 1.165) is 23.9 Å². The minimum atomic E-state index is -0.829. The molecule has 0 spiro atoms. The van der Waals surface area contributed by atoms with Crippen molar-refractivity contribution < 1.29 is 23.5 Å². The maximum atomic E-state index is 13.4. The summed E-state index contributed by atoms with van der Waals surface area (Å²) in [6.45, 7) is 0.810. The Morgan fingerprint density at radius 3 is 2.52 bits per heavy atom. The number of likely N-dealkylation sites (tertiary alicyclic amines) is 1. The van der Waals surface area contributed by atoms with Gasteiger partial charge in [-0.1, -0.05) is 0 Å². The molecule has 1 N–H and O–H groups in total. The van der Waals surface area contributed by atoms with Crippen molar-refractivity contribution >= 4 is 23.6 Å². The first-order valence-electron chi connectivity index (χ1n) is 6.56. The number of hydrogen-bond acceptors (Lipinski definition) is 3. The van der Waals surface area contributed by atoms with E-state index < -0.39 is 23.5 Å². The molecule has 7 heteroatoms. The highest BCUT2D eigenvalue weighted by Crippen LogP contribution is 2.24. The molecular weight excluding hydrogens is 300 g/mol. The summed E-state index contributed by atoms with van der Waals surface area (Å²) in [7, 11) is 0. The van der Waals surface area contributed by atoms with Gasteiger partial charge in [0.25, 0.3) is 0 Å². The molecule has 0 unspecified atom stereocenters. The third-order valence-electron chi connectivity index (χ3n) is 3.44. The second kappa shape index (κ2) is 6.89. The van der Waals surface area contributed by atoms with Crippen molar-refractivity contribution in [3.63, 3.8) is 0 Å². The van der Waals surface area contributed by atoms with Crippen LogP contribution < -0.4 is 0 Å². The molecular formula is C14H15F2NO3S. The van der Waals surface area contributed by atoms with Crippen LogP contribution in [0.4, 0.5) is 8.78 Å². The van der Waals surface area contributed by atoms with Crippen LogP contribution >= 0.6 is 11.8 Å². The molecule has 1 aliphatic heterocycles. The third kappa shape index (κ3) is 4.17. The van der Waals surface area contributed by atoms with Crippen LogP contribution in [0.1, 0.15) is 12.8 Å². The summed E-state index contributed by atoms with van der Waals surface area (Å²) in [6, 6.07) is 3.23. The molecule has 0 radical (unpaired) electrons.